The molecule has 10 heavy (non-hydrogen) atoms. The second kappa shape index (κ2) is 3730. The Kier molecular flexibility index (Phi) is 170000. The first-order valence-electron chi connectivity index (χ1n) is 0.200. The Bertz CT molecular complexity index is 16.3. The van der Waals surface area contributed by atoms with Crippen LogP contribution >= 0.6 is 0 Å². The van der Waals surface area contributed by atoms with E-state index in [1.54, 1.807) is 0 Å². The van der Waals surface area contributed by atoms with E-state index in [9.17, 15) is 0 Å². The van der Waals surface area contributed by atoms with Gasteiger partial charge in [-0.3, -0.25) is 0 Å². The molecule has 0 aliphatic rings. The number of nitrogens with zero attached hydrogens (tertiary/aromatic N) is 2. The fraction of sp³-hybridized carbons (Fsp3) is 0. The van der Waals surface area contributed by atoms with Crippen molar-refractivity contribution in [3.8, 4) is 0 Å². The molecule has 0 spiro atoms. The van der Waals surface area contributed by atoms with Gasteiger partial charge in [0.2, 0.25) is 0 Å². The Morgan fingerprint density at radius 2 is 0.500 bits per heavy atom. The van der Waals surface area contributed by atoms with E-state index in [0.29, 0.717) is 0 Å². The summed E-state index contributed by atoms with van der Waals surface area (Å²) in [6.45, 7) is 0. The normalized spacial score (nSPS) is 0.200. The maximum atomic E-state index is 6.00. The molecule has 10 N–H and O–H groups in total. The average Bonchev–Trinajstić information content (AvgIpc) is 1.00. The minimum absolute atomic E-state index is 0. The predicted octanol–water partition coefficient (Wildman–Crippen LogP) is -2.38. The zero-order valence-corrected chi connectivity index (χ0v) is 8.14. The smallest absolute Gasteiger partial charge is 1.00 e. The summed E-state index contributed by atoms with van der Waals surface area (Å²) < 4.78 is 0. The molecule has 72 valence electrons. The number of nitrogens with two attached hydrogens (primary N) is 5. The Balaban J connectivity index is -0.000000000179. The van der Waals surface area contributed by atoms with Crippen molar-refractivity contribution < 1.29 is 44.3 Å². The van der Waals surface area contributed by atoms with E-state index < -0.39 is 0 Å². The van der Waals surface area contributed by atoms with E-state index in [2.05, 4.69) is 0 Å². The molecule has 0 heterocycles. The molecule has 0 saturated heterocycles. The largest absolute Gasteiger partial charge is 2.00 e. The van der Waals surface area contributed by atoms with Crippen LogP contribution in [-0.4, -0.2) is 0 Å². The minimum atomic E-state index is 0. The molecule has 10 heteroatoms. The van der Waals surface area contributed by atoms with Gasteiger partial charge in [-0.2, -0.15) is 0 Å². The van der Waals surface area contributed by atoms with Gasteiger partial charge in [0.25, 0.3) is 0 Å². The van der Waals surface area contributed by atoms with Gasteiger partial charge in [0, 0.05) is 10.8 Å². The minimum Gasteiger partial charge on any atom is -1.00 e. The number of hydrogen-bond donors (Lipinski definition) is 0. The third kappa shape index (κ3) is 2590. The van der Waals surface area contributed by atoms with Crippen molar-refractivity contribution in [2.24, 2.45) is 0 Å². The molecule has 7 nitrogen and oxygen atoms in total. The van der Waals surface area contributed by atoms with Crippen LogP contribution in [0.3, 0.4) is 0 Å². The molecule has 0 unspecified atom stereocenters. The van der Waals surface area contributed by atoms with E-state index in [4.69, 9.17) is 10.8 Å². The van der Waals surface area contributed by atoms with Crippen LogP contribution < -0.4 is 24.8 Å². The molecule has 0 fully saturated rings. The van der Waals surface area contributed by atoms with Gasteiger partial charge in [-0.1, -0.05) is 0 Å². The Hall–Kier alpha value is 0.423. The molecular formula is H10Cl2N7Ru-5. The van der Waals surface area contributed by atoms with Gasteiger partial charge in [-0.25, -0.2) is 0 Å². The van der Waals surface area contributed by atoms with Gasteiger partial charge in [-0.05, 0) is 0 Å². The zero-order chi connectivity index (χ0) is 2.00. The molecule has 0 aromatic carbocycles. The molecule has 0 bridgehead atoms. The van der Waals surface area contributed by atoms with Crippen LogP contribution in [0.25, 0.3) is 30.8 Å². The summed E-state index contributed by atoms with van der Waals surface area (Å²) in [5, 5.41) is 12.0. The van der Waals surface area contributed by atoms with Crippen LogP contribution in [-0.2, 0) is 19.5 Å². The van der Waals surface area contributed by atoms with Crippen LogP contribution in [0.1, 0.15) is 0 Å². The standard InChI is InChI=1S/2ClH.N2.5H2N.Ru/c;;1-2;;;;;;/h2*1H;;5*1H2;/q;;;5*-1;+2/p-2. The molecular weight excluding hydrogens is 270 g/mol. The molecule has 0 aliphatic heterocycles. The van der Waals surface area contributed by atoms with E-state index in [1.165, 1.54) is 0 Å². The zero-order valence-electron chi connectivity index (χ0n) is 4.89. The fourth-order valence-corrected chi connectivity index (χ4v) is 0. The molecule has 0 atom stereocenters. The van der Waals surface area contributed by atoms with Crippen molar-refractivity contribution >= 4 is 0 Å². The van der Waals surface area contributed by atoms with Crippen molar-refractivity contribution in [3.63, 3.8) is 0 Å². The molecule has 0 aromatic heterocycles. The van der Waals surface area contributed by atoms with E-state index in [-0.39, 0.29) is 75.0 Å². The molecule has 0 radical (unpaired) electrons. The van der Waals surface area contributed by atoms with Gasteiger partial charge < -0.3 is 55.6 Å². The first kappa shape index (κ1) is 457. The summed E-state index contributed by atoms with van der Waals surface area (Å²) in [6, 6.07) is 0. The first-order chi connectivity index (χ1) is 1.00. The summed E-state index contributed by atoms with van der Waals surface area (Å²) in [5.41, 5.74) is 0. The van der Waals surface area contributed by atoms with Crippen molar-refractivity contribution in [1.29, 1.82) is 10.8 Å². The SMILES string of the molecule is N#N.[Cl-].[Cl-].[NH2-].[NH2-].[NH2-].[NH2-].[NH2-].[Ru+2]. The number of halogens is 2. The van der Waals surface area contributed by atoms with Crippen LogP contribution in [0.4, 0.5) is 0 Å². The molecule has 0 rings (SSSR count). The van der Waals surface area contributed by atoms with Crippen LogP contribution in [0, 0.1) is 10.8 Å². The first-order valence-corrected chi connectivity index (χ1v) is 0.200. The van der Waals surface area contributed by atoms with Crippen molar-refractivity contribution in [2.45, 2.75) is 0 Å². The van der Waals surface area contributed by atoms with Crippen LogP contribution in [0.15, 0.2) is 0 Å². The Morgan fingerprint density at radius 1 is 0.500 bits per heavy atom. The second-order valence-corrected chi connectivity index (χ2v) is 0. The van der Waals surface area contributed by atoms with Gasteiger partial charge >= 0.3 is 19.5 Å². The van der Waals surface area contributed by atoms with E-state index in [0.717, 1.165) is 0 Å². The topological polar surface area (TPSA) is 215 Å². The summed E-state index contributed by atoms with van der Waals surface area (Å²) in [4.78, 5) is 0. The maximum absolute atomic E-state index is 6.00. The second-order valence-electron chi connectivity index (χ2n) is 0. The van der Waals surface area contributed by atoms with Crippen LogP contribution in [0.2, 0.25) is 0 Å². The maximum Gasteiger partial charge on any atom is 2.00 e. The molecule has 0 saturated carbocycles. The summed E-state index contributed by atoms with van der Waals surface area (Å²) in [5.74, 6) is 0. The number of rotatable bonds is 0. The Morgan fingerprint density at radius 3 is 0.500 bits per heavy atom. The quantitative estimate of drug-likeness (QED) is 0.350. The summed E-state index contributed by atoms with van der Waals surface area (Å²) >= 11 is 0. The van der Waals surface area contributed by atoms with Crippen molar-refractivity contribution in [3.05, 3.63) is 30.8 Å². The van der Waals surface area contributed by atoms with Gasteiger partial charge in [0.05, 0.1) is 0 Å². The Labute approximate surface area is 86.0 Å². The predicted molar refractivity (Wildman–Crippen MR) is 29.9 cm³/mol. The van der Waals surface area contributed by atoms with Gasteiger partial charge in [0.15, 0.2) is 0 Å². The van der Waals surface area contributed by atoms with Gasteiger partial charge in [-0.15, -0.1) is 0 Å². The summed E-state index contributed by atoms with van der Waals surface area (Å²) in [6.07, 6.45) is 0. The number of hydrogen-bond acceptors (Lipinski definition) is 2. The summed E-state index contributed by atoms with van der Waals surface area (Å²) in [7, 11) is 0. The third-order valence-electron chi connectivity index (χ3n) is 0. The third-order valence-corrected chi connectivity index (χ3v) is 0. The monoisotopic (exact) mass is 280 g/mol. The average molecular weight is 280 g/mol. The van der Waals surface area contributed by atoms with Crippen molar-refractivity contribution in [1.82, 2.24) is 0 Å². The van der Waals surface area contributed by atoms with E-state index in [1.807, 2.05) is 0 Å². The molecule has 0 aromatic rings. The molecule has 0 aliphatic carbocycles. The van der Waals surface area contributed by atoms with Crippen LogP contribution in [0.5, 0.6) is 0 Å². The van der Waals surface area contributed by atoms with Gasteiger partial charge in [0.1, 0.15) is 0 Å². The van der Waals surface area contributed by atoms with E-state index >= 15 is 0 Å². The fourth-order valence-electron chi connectivity index (χ4n) is 0. The molecule has 0 amide bonds. The van der Waals surface area contributed by atoms with Crippen molar-refractivity contribution in [2.75, 3.05) is 0 Å².